The van der Waals surface area contributed by atoms with Crippen molar-refractivity contribution in [3.8, 4) is 11.5 Å². The molecule has 5 heteroatoms. The van der Waals surface area contributed by atoms with E-state index in [1.165, 1.54) is 17.1 Å². The van der Waals surface area contributed by atoms with Gasteiger partial charge in [0.2, 0.25) is 0 Å². The molecule has 72 valence electrons. The molecule has 0 unspecified atom stereocenters. The zero-order chi connectivity index (χ0) is 9.84. The van der Waals surface area contributed by atoms with Crippen LogP contribution in [-0.2, 0) is 0 Å². The zero-order valence-electron chi connectivity index (χ0n) is 7.23. The topological polar surface area (TPSA) is 76.0 Å². The quantitative estimate of drug-likeness (QED) is 0.413. The van der Waals surface area contributed by atoms with Crippen LogP contribution >= 0.6 is 0 Å². The van der Waals surface area contributed by atoms with Gasteiger partial charge < -0.3 is 10.2 Å². The van der Waals surface area contributed by atoms with E-state index < -0.39 is 0 Å². The van der Waals surface area contributed by atoms with Gasteiger partial charge in [-0.1, -0.05) is 0 Å². The molecule has 0 aliphatic rings. The Bertz CT molecular complexity index is 287. The minimum absolute atomic E-state index is 0.183. The first-order chi connectivity index (χ1) is 6.19. The lowest BCUT2D eigenvalue weighted by atomic mass is 10.2. The second-order valence-electron chi connectivity index (χ2n) is 2.52. The first-order valence-corrected chi connectivity index (χ1v) is 3.88. The number of hydrogen-bond acceptors (Lipinski definition) is 5. The highest BCUT2D eigenvalue weighted by atomic mass is 16.5. The summed E-state index contributed by atoms with van der Waals surface area (Å²) >= 11 is 0. The van der Waals surface area contributed by atoms with Crippen LogP contribution in [0.15, 0.2) is 18.2 Å². The van der Waals surface area contributed by atoms with Crippen LogP contribution in [0.25, 0.3) is 0 Å². The van der Waals surface area contributed by atoms with Crippen molar-refractivity contribution < 1.29 is 15.4 Å². The maximum absolute atomic E-state index is 9.15. The van der Waals surface area contributed by atoms with Gasteiger partial charge in [-0.05, 0) is 19.1 Å². The lowest BCUT2D eigenvalue weighted by Gasteiger charge is -2.19. The molecule has 5 nitrogen and oxygen atoms in total. The number of anilines is 1. The van der Waals surface area contributed by atoms with E-state index in [1.807, 2.05) is 12.5 Å². The van der Waals surface area contributed by atoms with E-state index in [4.69, 9.17) is 15.4 Å². The molecule has 0 atom stereocenters. The van der Waals surface area contributed by atoms with Gasteiger partial charge in [-0.15, -0.1) is 5.59 Å². The Morgan fingerprint density at radius 1 is 1.31 bits per heavy atom. The first kappa shape index (κ1) is 9.63. The summed E-state index contributed by atoms with van der Waals surface area (Å²) in [6.07, 6.45) is 0. The highest BCUT2D eigenvalue weighted by Gasteiger charge is 2.05. The minimum Gasteiger partial charge on any atom is -0.504 e. The molecule has 0 radical (unpaired) electrons. The largest absolute Gasteiger partial charge is 0.504 e. The number of aromatic hydroxyl groups is 2. The number of nitrogens with one attached hydrogen (secondary N) is 1. The van der Waals surface area contributed by atoms with Crippen molar-refractivity contribution in [2.75, 3.05) is 11.6 Å². The molecule has 0 bridgehead atoms. The van der Waals surface area contributed by atoms with Crippen LogP contribution in [0, 0.1) is 0 Å². The highest BCUT2D eigenvalue weighted by molar-refractivity contribution is 5.54. The number of nitrogens with zero attached hydrogens (tertiary/aromatic N) is 1. The Kier molecular flexibility index (Phi) is 2.94. The predicted octanol–water partition coefficient (Wildman–Crippen LogP) is 0.818. The summed E-state index contributed by atoms with van der Waals surface area (Å²) in [6, 6.07) is 4.27. The normalized spacial score (nSPS) is 10.0. The summed E-state index contributed by atoms with van der Waals surface area (Å²) in [5.74, 6) is -0.399. The minimum atomic E-state index is -0.216. The van der Waals surface area contributed by atoms with Crippen LogP contribution in [0.4, 0.5) is 5.69 Å². The Morgan fingerprint density at radius 3 is 2.46 bits per heavy atom. The molecular weight excluding hydrogens is 172 g/mol. The molecule has 13 heavy (non-hydrogen) atoms. The molecule has 4 N–H and O–H groups in total. The smallest absolute Gasteiger partial charge is 0.159 e. The lowest BCUT2D eigenvalue weighted by Crippen LogP contribution is -2.35. The monoisotopic (exact) mass is 184 g/mol. The summed E-state index contributed by atoms with van der Waals surface area (Å²) in [5.41, 5.74) is 2.53. The van der Waals surface area contributed by atoms with Crippen molar-refractivity contribution in [3.63, 3.8) is 0 Å². The van der Waals surface area contributed by atoms with E-state index in [0.29, 0.717) is 12.2 Å². The van der Waals surface area contributed by atoms with Gasteiger partial charge in [-0.2, -0.15) is 0 Å². The van der Waals surface area contributed by atoms with E-state index >= 15 is 0 Å². The number of hydrazine groups is 1. The van der Waals surface area contributed by atoms with Gasteiger partial charge >= 0.3 is 0 Å². The molecule has 0 spiro atoms. The molecule has 0 fully saturated rings. The third-order valence-corrected chi connectivity index (χ3v) is 1.71. The molecule has 1 aromatic rings. The van der Waals surface area contributed by atoms with E-state index in [0.717, 1.165) is 0 Å². The Morgan fingerprint density at radius 2 is 2.00 bits per heavy atom. The van der Waals surface area contributed by atoms with Gasteiger partial charge in [0.15, 0.2) is 11.5 Å². The first-order valence-electron chi connectivity index (χ1n) is 3.88. The maximum Gasteiger partial charge on any atom is 0.159 e. The van der Waals surface area contributed by atoms with Gasteiger partial charge in [0.25, 0.3) is 0 Å². The van der Waals surface area contributed by atoms with Gasteiger partial charge in [0.1, 0.15) is 0 Å². The Hall–Kier alpha value is -1.46. The second kappa shape index (κ2) is 3.97. The highest BCUT2D eigenvalue weighted by Crippen LogP contribution is 2.28. The number of rotatable bonds is 3. The standard InChI is InChI=1S/C8H12N2O3/c1-2-10(9-13)6-3-4-7(11)8(12)5-6/h3-5,9,11-13H,2H2,1H3. The molecule has 0 saturated carbocycles. The van der Waals surface area contributed by atoms with E-state index in [-0.39, 0.29) is 11.5 Å². The van der Waals surface area contributed by atoms with Gasteiger partial charge in [-0.25, -0.2) is 0 Å². The van der Waals surface area contributed by atoms with Crippen molar-refractivity contribution in [1.82, 2.24) is 5.59 Å². The Labute approximate surface area is 75.8 Å². The van der Waals surface area contributed by atoms with Crippen LogP contribution in [0.3, 0.4) is 0 Å². The fourth-order valence-corrected chi connectivity index (χ4v) is 0.991. The van der Waals surface area contributed by atoms with Gasteiger partial charge in [-0.3, -0.25) is 10.2 Å². The third-order valence-electron chi connectivity index (χ3n) is 1.71. The molecule has 1 aromatic carbocycles. The van der Waals surface area contributed by atoms with Crippen LogP contribution in [0.2, 0.25) is 0 Å². The number of phenols is 2. The van der Waals surface area contributed by atoms with Gasteiger partial charge in [0.05, 0.1) is 5.69 Å². The van der Waals surface area contributed by atoms with Crippen LogP contribution in [0.5, 0.6) is 11.5 Å². The summed E-state index contributed by atoms with van der Waals surface area (Å²) in [7, 11) is 0. The van der Waals surface area contributed by atoms with E-state index in [1.54, 1.807) is 6.07 Å². The predicted molar refractivity (Wildman–Crippen MR) is 47.7 cm³/mol. The van der Waals surface area contributed by atoms with Crippen molar-refractivity contribution >= 4 is 5.69 Å². The zero-order valence-corrected chi connectivity index (χ0v) is 7.23. The summed E-state index contributed by atoms with van der Waals surface area (Å²) < 4.78 is 0. The van der Waals surface area contributed by atoms with Crippen molar-refractivity contribution in [2.45, 2.75) is 6.92 Å². The average molecular weight is 184 g/mol. The fourth-order valence-electron chi connectivity index (χ4n) is 0.991. The van der Waals surface area contributed by atoms with Crippen LogP contribution in [0.1, 0.15) is 6.92 Å². The van der Waals surface area contributed by atoms with Gasteiger partial charge in [0, 0.05) is 12.6 Å². The van der Waals surface area contributed by atoms with Crippen LogP contribution in [-0.4, -0.2) is 22.0 Å². The summed E-state index contributed by atoms with van der Waals surface area (Å²) in [4.78, 5) is 0. The van der Waals surface area contributed by atoms with E-state index in [2.05, 4.69) is 0 Å². The van der Waals surface area contributed by atoms with E-state index in [9.17, 15) is 0 Å². The number of phenolic OH excluding ortho intramolecular Hbond substituents is 2. The van der Waals surface area contributed by atoms with Crippen molar-refractivity contribution in [2.24, 2.45) is 0 Å². The second-order valence-corrected chi connectivity index (χ2v) is 2.52. The molecule has 0 aliphatic heterocycles. The molecule has 1 rings (SSSR count). The summed E-state index contributed by atoms with van der Waals surface area (Å²) in [6.45, 7) is 2.36. The SMILES string of the molecule is CCN(NO)c1ccc(O)c(O)c1. The fraction of sp³-hybridized carbons (Fsp3) is 0.250. The molecule has 0 saturated heterocycles. The lowest BCUT2D eigenvalue weighted by molar-refractivity contribution is 0.155. The molecule has 0 aliphatic carbocycles. The summed E-state index contributed by atoms with van der Waals surface area (Å²) in [5, 5.41) is 28.2. The third kappa shape index (κ3) is 2.01. The maximum atomic E-state index is 9.15. The van der Waals surface area contributed by atoms with Crippen molar-refractivity contribution in [1.29, 1.82) is 0 Å². The molecule has 0 amide bonds. The molecular formula is C8H12N2O3. The number of hydrogen-bond donors (Lipinski definition) is 4. The van der Waals surface area contributed by atoms with Crippen LogP contribution < -0.4 is 10.6 Å². The van der Waals surface area contributed by atoms with Crippen molar-refractivity contribution in [3.05, 3.63) is 18.2 Å². The molecule has 0 aromatic heterocycles. The Balaban J connectivity index is 2.95. The number of benzene rings is 1. The molecule has 0 heterocycles. The average Bonchev–Trinajstić information content (AvgIpc) is 2.13.